The summed E-state index contributed by atoms with van der Waals surface area (Å²) in [6.07, 6.45) is 0. The largest absolute Gasteiger partial charge is 0.507 e. The topological polar surface area (TPSA) is 29.5 Å². The molecule has 0 saturated heterocycles. The Balaban J connectivity index is 2.03. The molecule has 3 aromatic rings. The van der Waals surface area contributed by atoms with Crippen molar-refractivity contribution in [3.63, 3.8) is 0 Å². The molecule has 2 heteroatoms. The van der Waals surface area contributed by atoms with E-state index >= 15 is 0 Å². The van der Waals surface area contributed by atoms with Crippen LogP contribution in [0, 0.1) is 0 Å². The Hall–Kier alpha value is -2.74. The van der Waals surface area contributed by atoms with Crippen molar-refractivity contribution in [2.24, 2.45) is 0 Å². The molecule has 0 aromatic heterocycles. The molecule has 0 saturated carbocycles. The van der Waals surface area contributed by atoms with E-state index in [1.807, 2.05) is 66.7 Å². The number of aromatic hydroxyl groups is 1. The zero-order valence-electron chi connectivity index (χ0n) is 10.9. The van der Waals surface area contributed by atoms with Gasteiger partial charge in [-0.15, -0.1) is 0 Å². The van der Waals surface area contributed by atoms with Crippen molar-refractivity contribution in [2.75, 3.05) is 0 Å². The van der Waals surface area contributed by atoms with E-state index in [-0.39, 0.29) is 5.75 Å². The molecule has 0 aliphatic carbocycles. The standard InChI is InChI=1S/C18H14O2/c19-17-12-6-4-10-15(17)16-11-5-7-13-18(16)20-14-8-2-1-3-9-14/h1-13,19H. The minimum atomic E-state index is 0.247. The molecule has 20 heavy (non-hydrogen) atoms. The molecule has 0 atom stereocenters. The van der Waals surface area contributed by atoms with Crippen molar-refractivity contribution in [3.8, 4) is 28.4 Å². The van der Waals surface area contributed by atoms with Gasteiger partial charge in [0.2, 0.25) is 0 Å². The van der Waals surface area contributed by atoms with E-state index in [1.54, 1.807) is 12.1 Å². The summed E-state index contributed by atoms with van der Waals surface area (Å²) < 4.78 is 5.91. The molecule has 1 N–H and O–H groups in total. The maximum absolute atomic E-state index is 10.00. The Morgan fingerprint density at radius 3 is 1.95 bits per heavy atom. The van der Waals surface area contributed by atoms with E-state index in [1.165, 1.54) is 0 Å². The van der Waals surface area contributed by atoms with Crippen molar-refractivity contribution >= 4 is 0 Å². The zero-order valence-corrected chi connectivity index (χ0v) is 10.9. The summed E-state index contributed by atoms with van der Waals surface area (Å²) in [4.78, 5) is 0. The van der Waals surface area contributed by atoms with E-state index in [9.17, 15) is 5.11 Å². The molecular formula is C18H14O2. The summed E-state index contributed by atoms with van der Waals surface area (Å²) in [7, 11) is 0. The minimum Gasteiger partial charge on any atom is -0.507 e. The van der Waals surface area contributed by atoms with Crippen molar-refractivity contribution in [1.29, 1.82) is 0 Å². The molecule has 0 unspecified atom stereocenters. The van der Waals surface area contributed by atoms with Crippen molar-refractivity contribution in [2.45, 2.75) is 0 Å². The molecule has 3 aromatic carbocycles. The third-order valence-corrected chi connectivity index (χ3v) is 3.05. The normalized spacial score (nSPS) is 10.2. The first-order valence-electron chi connectivity index (χ1n) is 6.45. The fourth-order valence-corrected chi connectivity index (χ4v) is 2.10. The lowest BCUT2D eigenvalue weighted by Crippen LogP contribution is -1.88. The molecule has 0 radical (unpaired) electrons. The first-order valence-corrected chi connectivity index (χ1v) is 6.45. The van der Waals surface area contributed by atoms with Gasteiger partial charge in [0.15, 0.2) is 0 Å². The van der Waals surface area contributed by atoms with Crippen LogP contribution < -0.4 is 4.74 Å². The van der Waals surface area contributed by atoms with Gasteiger partial charge in [-0.2, -0.15) is 0 Å². The van der Waals surface area contributed by atoms with Crippen LogP contribution in [0.4, 0.5) is 0 Å². The molecule has 3 rings (SSSR count). The van der Waals surface area contributed by atoms with Gasteiger partial charge in [0.25, 0.3) is 0 Å². The lowest BCUT2D eigenvalue weighted by molar-refractivity contribution is 0.472. The monoisotopic (exact) mass is 262 g/mol. The number of hydrogen-bond donors (Lipinski definition) is 1. The highest BCUT2D eigenvalue weighted by Gasteiger charge is 2.09. The van der Waals surface area contributed by atoms with Crippen LogP contribution in [0.15, 0.2) is 78.9 Å². The van der Waals surface area contributed by atoms with Gasteiger partial charge >= 0.3 is 0 Å². The van der Waals surface area contributed by atoms with E-state index in [4.69, 9.17) is 4.74 Å². The Bertz CT molecular complexity index is 705. The van der Waals surface area contributed by atoms with Crippen LogP contribution in [-0.4, -0.2) is 5.11 Å². The van der Waals surface area contributed by atoms with Crippen LogP contribution in [0.1, 0.15) is 0 Å². The molecule has 0 heterocycles. The molecule has 0 bridgehead atoms. The average molecular weight is 262 g/mol. The smallest absolute Gasteiger partial charge is 0.135 e. The second-order valence-corrected chi connectivity index (χ2v) is 4.43. The number of benzene rings is 3. The van der Waals surface area contributed by atoms with Gasteiger partial charge in [-0.25, -0.2) is 0 Å². The predicted molar refractivity (Wildman–Crippen MR) is 80.1 cm³/mol. The van der Waals surface area contributed by atoms with Gasteiger partial charge in [-0.1, -0.05) is 54.6 Å². The average Bonchev–Trinajstić information content (AvgIpc) is 2.50. The highest BCUT2D eigenvalue weighted by Crippen LogP contribution is 2.37. The molecule has 0 aliphatic rings. The van der Waals surface area contributed by atoms with E-state index in [0.29, 0.717) is 0 Å². The van der Waals surface area contributed by atoms with Crippen LogP contribution >= 0.6 is 0 Å². The Morgan fingerprint density at radius 2 is 1.20 bits per heavy atom. The number of ether oxygens (including phenoxy) is 1. The Morgan fingerprint density at radius 1 is 0.600 bits per heavy atom. The highest BCUT2D eigenvalue weighted by molar-refractivity contribution is 5.75. The van der Waals surface area contributed by atoms with Gasteiger partial charge in [0.05, 0.1) is 0 Å². The fraction of sp³-hybridized carbons (Fsp3) is 0. The second-order valence-electron chi connectivity index (χ2n) is 4.43. The predicted octanol–water partition coefficient (Wildman–Crippen LogP) is 4.85. The lowest BCUT2D eigenvalue weighted by atomic mass is 10.0. The van der Waals surface area contributed by atoms with Gasteiger partial charge in [-0.05, 0) is 24.3 Å². The number of rotatable bonds is 3. The molecular weight excluding hydrogens is 248 g/mol. The Kier molecular flexibility index (Phi) is 3.38. The first kappa shape index (κ1) is 12.3. The summed E-state index contributed by atoms with van der Waals surface area (Å²) in [5.74, 6) is 1.74. The van der Waals surface area contributed by atoms with Crippen molar-refractivity contribution in [1.82, 2.24) is 0 Å². The second kappa shape index (κ2) is 5.49. The van der Waals surface area contributed by atoms with Gasteiger partial charge in [-0.3, -0.25) is 0 Å². The van der Waals surface area contributed by atoms with Gasteiger partial charge in [0.1, 0.15) is 17.2 Å². The summed E-state index contributed by atoms with van der Waals surface area (Å²) in [5.41, 5.74) is 1.63. The molecule has 0 aliphatic heterocycles. The summed E-state index contributed by atoms with van der Waals surface area (Å²) in [6.45, 7) is 0. The molecule has 2 nitrogen and oxygen atoms in total. The van der Waals surface area contributed by atoms with E-state index in [2.05, 4.69) is 0 Å². The van der Waals surface area contributed by atoms with Crippen LogP contribution in [0.2, 0.25) is 0 Å². The van der Waals surface area contributed by atoms with E-state index < -0.39 is 0 Å². The fourth-order valence-electron chi connectivity index (χ4n) is 2.10. The summed E-state index contributed by atoms with van der Waals surface area (Å²) in [5, 5.41) is 10.00. The maximum atomic E-state index is 10.00. The minimum absolute atomic E-state index is 0.247. The number of phenols is 1. The molecule has 0 amide bonds. The highest BCUT2D eigenvalue weighted by atomic mass is 16.5. The lowest BCUT2D eigenvalue weighted by Gasteiger charge is -2.12. The number of phenolic OH excluding ortho intramolecular Hbond substituents is 1. The zero-order chi connectivity index (χ0) is 13.8. The van der Waals surface area contributed by atoms with Crippen LogP contribution in [-0.2, 0) is 0 Å². The van der Waals surface area contributed by atoms with Gasteiger partial charge in [0, 0.05) is 11.1 Å². The molecule has 0 fully saturated rings. The van der Waals surface area contributed by atoms with Crippen LogP contribution in [0.3, 0.4) is 0 Å². The maximum Gasteiger partial charge on any atom is 0.135 e. The van der Waals surface area contributed by atoms with E-state index in [0.717, 1.165) is 22.6 Å². The number of para-hydroxylation sites is 3. The Labute approximate surface area is 117 Å². The third-order valence-electron chi connectivity index (χ3n) is 3.05. The van der Waals surface area contributed by atoms with Crippen molar-refractivity contribution < 1.29 is 9.84 Å². The summed E-state index contributed by atoms with van der Waals surface area (Å²) >= 11 is 0. The SMILES string of the molecule is Oc1ccccc1-c1ccccc1Oc1ccccc1. The number of hydrogen-bond acceptors (Lipinski definition) is 2. The van der Waals surface area contributed by atoms with Crippen molar-refractivity contribution in [3.05, 3.63) is 78.9 Å². The van der Waals surface area contributed by atoms with Crippen LogP contribution in [0.25, 0.3) is 11.1 Å². The quantitative estimate of drug-likeness (QED) is 0.731. The van der Waals surface area contributed by atoms with Crippen LogP contribution in [0.5, 0.6) is 17.2 Å². The molecule has 0 spiro atoms. The third kappa shape index (κ3) is 2.50. The molecule has 98 valence electrons. The summed E-state index contributed by atoms with van der Waals surface area (Å²) in [6, 6.07) is 24.6. The van der Waals surface area contributed by atoms with Gasteiger partial charge < -0.3 is 9.84 Å². The first-order chi connectivity index (χ1) is 9.84.